The van der Waals surface area contributed by atoms with E-state index in [9.17, 15) is 39.3 Å². The molecule has 0 radical (unpaired) electrons. The van der Waals surface area contributed by atoms with Crippen LogP contribution in [0.5, 0.6) is 5.75 Å². The number of nitrogens with zero attached hydrogens (tertiary/aromatic N) is 2. The van der Waals surface area contributed by atoms with Gasteiger partial charge in [-0.1, -0.05) is 38.1 Å². The number of benzene rings is 2. The predicted octanol–water partition coefficient (Wildman–Crippen LogP) is -0.633. The monoisotopic (exact) mass is 696 g/mol. The molecule has 0 bridgehead atoms. The Morgan fingerprint density at radius 1 is 0.880 bits per heavy atom. The minimum atomic E-state index is -1.56. The molecule has 16 heteroatoms. The van der Waals surface area contributed by atoms with Crippen LogP contribution in [-0.2, 0) is 36.8 Å². The van der Waals surface area contributed by atoms with E-state index in [1.54, 1.807) is 36.4 Å². The fourth-order valence-corrected chi connectivity index (χ4v) is 5.66. The van der Waals surface area contributed by atoms with Gasteiger partial charge in [0.25, 0.3) is 0 Å². The summed E-state index contributed by atoms with van der Waals surface area (Å²) in [5, 5.41) is 36.8. The highest BCUT2D eigenvalue weighted by Crippen LogP contribution is 2.21. The highest BCUT2D eigenvalue weighted by Gasteiger charge is 2.40. The zero-order chi connectivity index (χ0) is 37.1. The van der Waals surface area contributed by atoms with Crippen molar-refractivity contribution >= 4 is 41.2 Å². The van der Waals surface area contributed by atoms with Crippen LogP contribution in [0.1, 0.15) is 51.2 Å². The number of likely N-dealkylation sites (tertiary alicyclic amines) is 1. The largest absolute Gasteiger partial charge is 0.508 e. The number of aliphatic imine (C=N–C) groups is 1. The maximum absolute atomic E-state index is 13.9. The number of aliphatic carboxylic acids is 1. The molecule has 272 valence electrons. The molecule has 12 N–H and O–H groups in total. The number of amides is 4. The van der Waals surface area contributed by atoms with E-state index < -0.39 is 65.9 Å². The molecule has 0 spiro atoms. The number of phenolic OH excluding ortho intramolecular Hbond substituents is 1. The van der Waals surface area contributed by atoms with Crippen LogP contribution >= 0.6 is 0 Å². The van der Waals surface area contributed by atoms with Crippen LogP contribution in [0.4, 0.5) is 5.69 Å². The minimum absolute atomic E-state index is 0.00500. The Kier molecular flexibility index (Phi) is 14.1. The van der Waals surface area contributed by atoms with E-state index in [2.05, 4.69) is 20.9 Å². The number of aromatic hydroxyl groups is 1. The van der Waals surface area contributed by atoms with Crippen LogP contribution in [0.3, 0.4) is 0 Å². The summed E-state index contributed by atoms with van der Waals surface area (Å²) >= 11 is 0. The van der Waals surface area contributed by atoms with Crippen LogP contribution in [0.2, 0.25) is 0 Å². The Morgan fingerprint density at radius 3 is 2.02 bits per heavy atom. The van der Waals surface area contributed by atoms with E-state index in [0.29, 0.717) is 17.7 Å². The molecule has 6 atom stereocenters. The van der Waals surface area contributed by atoms with E-state index in [1.807, 2.05) is 13.8 Å². The molecule has 1 aliphatic rings. The number of guanidine groups is 1. The number of nitrogens with two attached hydrogens (primary N) is 3. The maximum Gasteiger partial charge on any atom is 0.328 e. The lowest BCUT2D eigenvalue weighted by molar-refractivity contribution is -0.147. The van der Waals surface area contributed by atoms with Gasteiger partial charge in [0, 0.05) is 13.0 Å². The van der Waals surface area contributed by atoms with Gasteiger partial charge >= 0.3 is 5.97 Å². The van der Waals surface area contributed by atoms with E-state index in [-0.39, 0.29) is 49.9 Å². The van der Waals surface area contributed by atoms with Crippen molar-refractivity contribution in [3.05, 3.63) is 59.7 Å². The van der Waals surface area contributed by atoms with Crippen molar-refractivity contribution in [2.75, 3.05) is 6.54 Å². The van der Waals surface area contributed by atoms with Crippen LogP contribution in [0, 0.1) is 5.92 Å². The molecule has 4 amide bonds. The van der Waals surface area contributed by atoms with E-state index in [0.717, 1.165) is 5.56 Å². The lowest BCUT2D eigenvalue weighted by atomic mass is 9.99. The quantitative estimate of drug-likeness (QED) is 0.0787. The number of aliphatic hydroxyl groups is 1. The Bertz CT molecular complexity index is 1530. The average Bonchev–Trinajstić information content (AvgIpc) is 3.54. The smallest absolute Gasteiger partial charge is 0.328 e. The summed E-state index contributed by atoms with van der Waals surface area (Å²) in [7, 11) is 0. The molecule has 2 aromatic rings. The second-order valence-electron chi connectivity index (χ2n) is 12.9. The number of nitrogens with one attached hydrogen (secondary N) is 3. The highest BCUT2D eigenvalue weighted by atomic mass is 16.4. The molecular weight excluding hydrogens is 648 g/mol. The van der Waals surface area contributed by atoms with Gasteiger partial charge in [-0.3, -0.25) is 19.2 Å². The normalized spacial score (nSPS) is 17.2. The first-order valence-corrected chi connectivity index (χ1v) is 16.4. The van der Waals surface area contributed by atoms with Crippen LogP contribution < -0.4 is 33.2 Å². The van der Waals surface area contributed by atoms with Gasteiger partial charge in [-0.05, 0) is 73.9 Å². The fraction of sp³-hybridized carbons (Fsp3) is 0.471. The van der Waals surface area contributed by atoms with Gasteiger partial charge < -0.3 is 53.4 Å². The predicted molar refractivity (Wildman–Crippen MR) is 185 cm³/mol. The van der Waals surface area contributed by atoms with Crippen molar-refractivity contribution in [1.29, 1.82) is 0 Å². The van der Waals surface area contributed by atoms with Gasteiger partial charge in [-0.25, -0.2) is 9.79 Å². The van der Waals surface area contributed by atoms with E-state index in [1.165, 1.54) is 24.0 Å². The summed E-state index contributed by atoms with van der Waals surface area (Å²) in [6, 6.07) is 6.98. The van der Waals surface area contributed by atoms with Gasteiger partial charge in [0.2, 0.25) is 23.6 Å². The van der Waals surface area contributed by atoms with Crippen LogP contribution in [-0.4, -0.2) is 98.6 Å². The lowest BCUT2D eigenvalue weighted by Gasteiger charge is -2.31. The van der Waals surface area contributed by atoms with Crippen molar-refractivity contribution in [2.45, 2.75) is 89.2 Å². The van der Waals surface area contributed by atoms with Gasteiger partial charge in [-0.15, -0.1) is 0 Å². The molecule has 1 fully saturated rings. The minimum Gasteiger partial charge on any atom is -0.508 e. The first kappa shape index (κ1) is 39.2. The maximum atomic E-state index is 13.9. The molecule has 1 aliphatic heterocycles. The van der Waals surface area contributed by atoms with Gasteiger partial charge in [0.05, 0.1) is 17.8 Å². The van der Waals surface area contributed by atoms with Crippen molar-refractivity contribution in [1.82, 2.24) is 20.9 Å². The summed E-state index contributed by atoms with van der Waals surface area (Å²) in [5.74, 6) is -4.12. The molecule has 0 unspecified atom stereocenters. The molecular formula is C34H48N8O8. The molecule has 3 rings (SSSR count). The summed E-state index contributed by atoms with van der Waals surface area (Å²) in [6.45, 7) is 5.15. The number of phenols is 1. The van der Waals surface area contributed by atoms with E-state index in [4.69, 9.17) is 17.2 Å². The number of aliphatic hydroxyl groups excluding tert-OH is 1. The molecule has 16 nitrogen and oxygen atoms in total. The van der Waals surface area contributed by atoms with Crippen molar-refractivity contribution < 1.29 is 39.3 Å². The van der Waals surface area contributed by atoms with Crippen molar-refractivity contribution in [3.63, 3.8) is 0 Å². The first-order chi connectivity index (χ1) is 23.5. The second-order valence-corrected chi connectivity index (χ2v) is 12.9. The number of carboxylic acid groups (broad SMARTS) is 1. The number of rotatable bonds is 16. The van der Waals surface area contributed by atoms with Gasteiger partial charge in [0.15, 0.2) is 12.0 Å². The molecule has 1 saturated heterocycles. The number of carbonyl (C=O) groups is 5. The third-order valence-corrected chi connectivity index (χ3v) is 8.20. The zero-order valence-electron chi connectivity index (χ0n) is 28.4. The van der Waals surface area contributed by atoms with Crippen molar-refractivity contribution in [3.8, 4) is 5.75 Å². The SMILES string of the molecule is CC(C)C[C@H](NC(=O)[C@H](Cc1ccc(O)cc1)NC(=O)[C@@H](N)Cc1ccc(N=C(N)N)cc1)C(=O)N1CCC[C@H]1C(=O)N[C@H](C(=O)O)[C@@H](C)O. The lowest BCUT2D eigenvalue weighted by Crippen LogP contribution is -2.59. The Balaban J connectivity index is 1.80. The molecule has 50 heavy (non-hydrogen) atoms. The third-order valence-electron chi connectivity index (χ3n) is 8.20. The first-order valence-electron chi connectivity index (χ1n) is 16.4. The number of carbonyl (C=O) groups excluding carboxylic acids is 4. The summed E-state index contributed by atoms with van der Waals surface area (Å²) < 4.78 is 0. The Labute approximate surface area is 290 Å². The number of carboxylic acids is 1. The summed E-state index contributed by atoms with van der Waals surface area (Å²) in [5.41, 5.74) is 18.9. The topological polar surface area (TPSA) is 276 Å². The third kappa shape index (κ3) is 11.4. The number of hydrogen-bond donors (Lipinski definition) is 9. The van der Waals surface area contributed by atoms with Crippen LogP contribution in [0.15, 0.2) is 53.5 Å². The zero-order valence-corrected chi connectivity index (χ0v) is 28.4. The summed E-state index contributed by atoms with van der Waals surface area (Å²) in [6.07, 6.45) is -0.304. The Hall–Kier alpha value is -5.22. The standard InChI is InChI=1S/C34H48N8O8/c1-18(2)15-26(32(48)42-14-4-5-27(42)31(47)41-28(19(3)43)33(49)50)40-30(46)25(17-21-8-12-23(44)13-9-21)39-29(45)24(35)16-20-6-10-22(11-7-20)38-34(36)37/h6-13,18-19,24-28,43-44H,4-5,14-17,35H2,1-3H3,(H,39,45)(H,40,46)(H,41,47)(H,49,50)(H4,36,37,38)/t19-,24+,25+,26+,27+,28+/m1/s1. The van der Waals surface area contributed by atoms with Crippen molar-refractivity contribution in [2.24, 2.45) is 28.1 Å². The van der Waals surface area contributed by atoms with Crippen LogP contribution in [0.25, 0.3) is 0 Å². The summed E-state index contributed by atoms with van der Waals surface area (Å²) in [4.78, 5) is 71.1. The molecule has 1 heterocycles. The second kappa shape index (κ2) is 18.0. The average molecular weight is 697 g/mol. The van der Waals surface area contributed by atoms with Gasteiger partial charge in [0.1, 0.15) is 23.9 Å². The highest BCUT2D eigenvalue weighted by molar-refractivity contribution is 5.96. The molecule has 0 aromatic heterocycles. The van der Waals surface area contributed by atoms with E-state index >= 15 is 0 Å². The molecule has 0 aliphatic carbocycles. The van der Waals surface area contributed by atoms with Gasteiger partial charge in [-0.2, -0.15) is 0 Å². The Morgan fingerprint density at radius 2 is 1.46 bits per heavy atom. The fourth-order valence-electron chi connectivity index (χ4n) is 5.66. The number of hydrogen-bond acceptors (Lipinski definition) is 9. The molecule has 2 aromatic carbocycles. The molecule has 0 saturated carbocycles.